The number of rotatable bonds is 0. The second kappa shape index (κ2) is 2.26. The Morgan fingerprint density at radius 2 is 2.29 bits per heavy atom. The van der Waals surface area contributed by atoms with E-state index in [9.17, 15) is 9.18 Å². The van der Waals surface area contributed by atoms with Gasteiger partial charge in [-0.15, -0.1) is 0 Å². The molecule has 0 aliphatic carbocycles. The number of fused-ring (bicyclic) bond motifs is 3. The number of ether oxygens (including phenoxy) is 1. The summed E-state index contributed by atoms with van der Waals surface area (Å²) in [5, 5.41) is 2.85. The van der Waals surface area contributed by atoms with Gasteiger partial charge in [-0.1, -0.05) is 18.2 Å². The molecule has 0 radical (unpaired) electrons. The predicted octanol–water partition coefficient (Wildman–Crippen LogP) is 1.55. The Hall–Kier alpha value is -1.58. The third-order valence-electron chi connectivity index (χ3n) is 2.73. The molecule has 1 fully saturated rings. The number of para-hydroxylation sites is 1. The van der Waals surface area contributed by atoms with Crippen LogP contribution in [0.5, 0.6) is 0 Å². The summed E-state index contributed by atoms with van der Waals surface area (Å²) in [5.74, 6) is -0.487. The molecule has 3 nitrogen and oxygen atoms in total. The van der Waals surface area contributed by atoms with Gasteiger partial charge in [-0.25, -0.2) is 4.39 Å². The zero-order valence-corrected chi connectivity index (χ0v) is 7.29. The number of esters is 1. The van der Waals surface area contributed by atoms with Crippen LogP contribution in [0.2, 0.25) is 0 Å². The number of hydrogen-bond acceptors (Lipinski definition) is 3. The molecule has 2 heterocycles. The Bertz CT molecular complexity index is 420. The van der Waals surface area contributed by atoms with Crippen molar-refractivity contribution < 1.29 is 13.9 Å². The van der Waals surface area contributed by atoms with Crippen molar-refractivity contribution in [1.29, 1.82) is 0 Å². The van der Waals surface area contributed by atoms with Gasteiger partial charge in [-0.05, 0) is 6.07 Å². The number of hydrogen-bond donors (Lipinski definition) is 1. The van der Waals surface area contributed by atoms with E-state index < -0.39 is 17.9 Å². The van der Waals surface area contributed by atoms with E-state index in [-0.39, 0.29) is 6.42 Å². The molecule has 1 aromatic carbocycles. The lowest BCUT2D eigenvalue weighted by Crippen LogP contribution is -2.29. The third kappa shape index (κ3) is 0.780. The standard InChI is InChI=1S/C10H8FNO2/c11-10-5-8(13)14-9(10)12-7-4-2-1-3-6(7)10/h1-4,9,12H,5H2. The van der Waals surface area contributed by atoms with E-state index in [0.717, 1.165) is 0 Å². The second-order valence-electron chi connectivity index (χ2n) is 3.60. The summed E-state index contributed by atoms with van der Waals surface area (Å²) in [5.41, 5.74) is -0.434. The Morgan fingerprint density at radius 1 is 1.50 bits per heavy atom. The largest absolute Gasteiger partial charge is 0.438 e. The Morgan fingerprint density at radius 3 is 3.14 bits per heavy atom. The molecule has 14 heavy (non-hydrogen) atoms. The summed E-state index contributed by atoms with van der Waals surface area (Å²) in [4.78, 5) is 11.0. The first-order valence-electron chi connectivity index (χ1n) is 4.44. The van der Waals surface area contributed by atoms with Crippen LogP contribution >= 0.6 is 0 Å². The van der Waals surface area contributed by atoms with Crippen LogP contribution in [-0.4, -0.2) is 12.2 Å². The molecule has 2 atom stereocenters. The van der Waals surface area contributed by atoms with E-state index in [2.05, 4.69) is 5.32 Å². The number of benzene rings is 1. The van der Waals surface area contributed by atoms with Gasteiger partial charge in [0.25, 0.3) is 0 Å². The maximum atomic E-state index is 14.3. The molecular formula is C10H8FNO2. The lowest BCUT2D eigenvalue weighted by Gasteiger charge is -2.15. The zero-order valence-electron chi connectivity index (χ0n) is 7.29. The maximum Gasteiger partial charge on any atom is 0.311 e. The number of anilines is 1. The minimum absolute atomic E-state index is 0.193. The molecule has 0 bridgehead atoms. The molecule has 2 aliphatic heterocycles. The first kappa shape index (κ1) is 7.79. The van der Waals surface area contributed by atoms with Gasteiger partial charge in [0.15, 0.2) is 0 Å². The van der Waals surface area contributed by atoms with Crippen LogP contribution in [0.4, 0.5) is 10.1 Å². The normalized spacial score (nSPS) is 33.2. The van der Waals surface area contributed by atoms with E-state index in [1.165, 1.54) is 0 Å². The Balaban J connectivity index is 2.15. The van der Waals surface area contributed by atoms with Crippen molar-refractivity contribution in [2.45, 2.75) is 18.3 Å². The molecule has 1 N–H and O–H groups in total. The van der Waals surface area contributed by atoms with Crippen LogP contribution in [0.3, 0.4) is 0 Å². The molecule has 1 aromatic rings. The van der Waals surface area contributed by atoms with E-state index in [1.807, 2.05) is 6.07 Å². The van der Waals surface area contributed by atoms with Crippen LogP contribution in [0.1, 0.15) is 12.0 Å². The third-order valence-corrected chi connectivity index (χ3v) is 2.73. The van der Waals surface area contributed by atoms with Crippen molar-refractivity contribution in [3.63, 3.8) is 0 Å². The fourth-order valence-corrected chi connectivity index (χ4v) is 2.06. The minimum atomic E-state index is -1.67. The van der Waals surface area contributed by atoms with Crippen molar-refractivity contribution >= 4 is 11.7 Å². The van der Waals surface area contributed by atoms with E-state index in [0.29, 0.717) is 11.3 Å². The number of carbonyl (C=O) groups is 1. The molecule has 72 valence electrons. The highest BCUT2D eigenvalue weighted by Crippen LogP contribution is 2.48. The highest BCUT2D eigenvalue weighted by Gasteiger charge is 2.56. The van der Waals surface area contributed by atoms with Gasteiger partial charge in [-0.3, -0.25) is 4.79 Å². The minimum Gasteiger partial charge on any atom is -0.438 e. The SMILES string of the molecule is O=C1CC2(F)c3ccccc3NC2O1. The monoisotopic (exact) mass is 193 g/mol. The van der Waals surface area contributed by atoms with Gasteiger partial charge in [0.05, 0.1) is 6.42 Å². The van der Waals surface area contributed by atoms with Crippen molar-refractivity contribution in [2.75, 3.05) is 5.32 Å². The lowest BCUT2D eigenvalue weighted by molar-refractivity contribution is -0.140. The molecule has 0 spiro atoms. The van der Waals surface area contributed by atoms with E-state index in [1.54, 1.807) is 18.2 Å². The average molecular weight is 193 g/mol. The van der Waals surface area contributed by atoms with Crippen molar-refractivity contribution in [3.8, 4) is 0 Å². The summed E-state index contributed by atoms with van der Waals surface area (Å²) in [7, 11) is 0. The quantitative estimate of drug-likeness (QED) is 0.635. The predicted molar refractivity (Wildman–Crippen MR) is 47.3 cm³/mol. The summed E-state index contributed by atoms with van der Waals surface area (Å²) >= 11 is 0. The van der Waals surface area contributed by atoms with Crippen molar-refractivity contribution in [2.24, 2.45) is 0 Å². The van der Waals surface area contributed by atoms with E-state index >= 15 is 0 Å². The smallest absolute Gasteiger partial charge is 0.311 e. The van der Waals surface area contributed by atoms with Crippen LogP contribution in [0.25, 0.3) is 0 Å². The molecule has 0 aromatic heterocycles. The Labute approximate surface area is 79.9 Å². The summed E-state index contributed by atoms with van der Waals surface area (Å²) in [6.07, 6.45) is -1.03. The van der Waals surface area contributed by atoms with Gasteiger partial charge in [0.2, 0.25) is 11.9 Å². The molecule has 3 rings (SSSR count). The molecule has 2 unspecified atom stereocenters. The summed E-state index contributed by atoms with van der Waals surface area (Å²) in [6.45, 7) is 0. The highest BCUT2D eigenvalue weighted by molar-refractivity contribution is 5.78. The average Bonchev–Trinajstić information content (AvgIpc) is 2.55. The molecular weight excluding hydrogens is 185 g/mol. The van der Waals surface area contributed by atoms with Gasteiger partial charge in [0.1, 0.15) is 0 Å². The topological polar surface area (TPSA) is 38.3 Å². The number of halogens is 1. The van der Waals surface area contributed by atoms with Crippen LogP contribution in [-0.2, 0) is 15.2 Å². The van der Waals surface area contributed by atoms with Crippen molar-refractivity contribution in [3.05, 3.63) is 29.8 Å². The number of carbonyl (C=O) groups excluding carboxylic acids is 1. The highest BCUT2D eigenvalue weighted by atomic mass is 19.1. The first-order valence-corrected chi connectivity index (χ1v) is 4.44. The molecule has 4 heteroatoms. The summed E-state index contributed by atoms with van der Waals surface area (Å²) in [6, 6.07) is 7.04. The molecule has 0 amide bonds. The maximum absolute atomic E-state index is 14.3. The van der Waals surface area contributed by atoms with E-state index in [4.69, 9.17) is 4.74 Å². The van der Waals surface area contributed by atoms with Gasteiger partial charge in [0, 0.05) is 11.3 Å². The number of alkyl halides is 1. The Kier molecular flexibility index (Phi) is 1.26. The van der Waals surface area contributed by atoms with Gasteiger partial charge < -0.3 is 10.1 Å². The van der Waals surface area contributed by atoms with Crippen LogP contribution in [0.15, 0.2) is 24.3 Å². The lowest BCUT2D eigenvalue weighted by atomic mass is 9.95. The van der Waals surface area contributed by atoms with Gasteiger partial charge >= 0.3 is 5.97 Å². The molecule has 0 saturated carbocycles. The van der Waals surface area contributed by atoms with Gasteiger partial charge in [-0.2, -0.15) is 0 Å². The first-order chi connectivity index (χ1) is 6.70. The van der Waals surface area contributed by atoms with Crippen molar-refractivity contribution in [1.82, 2.24) is 0 Å². The fourth-order valence-electron chi connectivity index (χ4n) is 2.06. The van der Waals surface area contributed by atoms with Crippen LogP contribution < -0.4 is 5.32 Å². The fraction of sp³-hybridized carbons (Fsp3) is 0.300. The van der Waals surface area contributed by atoms with Crippen LogP contribution in [0, 0.1) is 0 Å². The molecule has 2 aliphatic rings. The number of nitrogens with one attached hydrogen (secondary N) is 1. The summed E-state index contributed by atoms with van der Waals surface area (Å²) < 4.78 is 19.2. The second-order valence-corrected chi connectivity index (χ2v) is 3.60. The zero-order chi connectivity index (χ0) is 9.76. The molecule has 1 saturated heterocycles.